The van der Waals surface area contributed by atoms with Crippen LogP contribution in [0.4, 0.5) is 0 Å². The maximum atomic E-state index is 11.7. The zero-order valence-corrected chi connectivity index (χ0v) is 14.3. The molecular formula is C18H28O3. The molecule has 0 bridgehead atoms. The molecule has 0 aliphatic carbocycles. The fraction of sp³-hybridized carbons (Fsp3) is 0.611. The van der Waals surface area contributed by atoms with Gasteiger partial charge in [0.15, 0.2) is 0 Å². The van der Waals surface area contributed by atoms with Crippen molar-refractivity contribution in [3.63, 3.8) is 0 Å². The van der Waals surface area contributed by atoms with Gasteiger partial charge in [-0.25, -0.2) is 0 Å². The predicted molar refractivity (Wildman–Crippen MR) is 85.8 cm³/mol. The van der Waals surface area contributed by atoms with Gasteiger partial charge in [-0.2, -0.15) is 0 Å². The van der Waals surface area contributed by atoms with Crippen LogP contribution in [0.15, 0.2) is 12.1 Å². The summed E-state index contributed by atoms with van der Waals surface area (Å²) in [5.41, 5.74) is 2.26. The number of rotatable bonds is 3. The van der Waals surface area contributed by atoms with Crippen LogP contribution in [0.1, 0.15) is 65.2 Å². The second kappa shape index (κ2) is 6.08. The Labute approximate surface area is 128 Å². The summed E-state index contributed by atoms with van der Waals surface area (Å²) in [5.74, 6) is 0.102. The highest BCUT2D eigenvalue weighted by Crippen LogP contribution is 2.39. The van der Waals surface area contributed by atoms with Crippen molar-refractivity contribution in [2.24, 2.45) is 0 Å². The summed E-state index contributed by atoms with van der Waals surface area (Å²) < 4.78 is 5.03. The molecule has 1 rings (SSSR count). The lowest BCUT2D eigenvalue weighted by atomic mass is 9.78. The van der Waals surface area contributed by atoms with Crippen molar-refractivity contribution < 1.29 is 14.6 Å². The molecule has 0 aliphatic heterocycles. The lowest BCUT2D eigenvalue weighted by Gasteiger charge is -2.28. The number of phenols is 1. The van der Waals surface area contributed by atoms with Gasteiger partial charge in [-0.15, -0.1) is 0 Å². The summed E-state index contributed by atoms with van der Waals surface area (Å²) >= 11 is 0. The first-order valence-corrected chi connectivity index (χ1v) is 7.49. The summed E-state index contributed by atoms with van der Waals surface area (Å²) in [7, 11) is 0. The number of phenolic OH excluding ortho intramolecular Hbond substituents is 1. The Bertz CT molecular complexity index is 481. The molecule has 0 aliphatic rings. The summed E-state index contributed by atoms with van der Waals surface area (Å²) in [6.45, 7) is 14.5. The SMILES string of the molecule is CCOC(=O)Cc1cc(C(C)(C)C)c(O)c(C(C)(C)C)c1. The average Bonchev–Trinajstić information content (AvgIpc) is 2.28. The first-order chi connectivity index (χ1) is 9.46. The highest BCUT2D eigenvalue weighted by atomic mass is 16.5. The Hall–Kier alpha value is -1.51. The Kier molecular flexibility index (Phi) is 5.08. The second-order valence-electron chi connectivity index (χ2n) is 7.52. The Morgan fingerprint density at radius 3 is 1.81 bits per heavy atom. The number of hydrogen-bond donors (Lipinski definition) is 1. The van der Waals surface area contributed by atoms with E-state index in [1.807, 2.05) is 12.1 Å². The van der Waals surface area contributed by atoms with E-state index in [2.05, 4.69) is 41.5 Å². The van der Waals surface area contributed by atoms with E-state index in [9.17, 15) is 9.90 Å². The fourth-order valence-electron chi connectivity index (χ4n) is 2.32. The van der Waals surface area contributed by atoms with Crippen LogP contribution in [0.25, 0.3) is 0 Å². The zero-order valence-electron chi connectivity index (χ0n) is 14.3. The molecule has 1 aromatic rings. The van der Waals surface area contributed by atoms with Gasteiger partial charge in [-0.1, -0.05) is 53.7 Å². The van der Waals surface area contributed by atoms with Crippen LogP contribution in [0.2, 0.25) is 0 Å². The van der Waals surface area contributed by atoms with Gasteiger partial charge in [0.2, 0.25) is 0 Å². The van der Waals surface area contributed by atoms with E-state index in [0.29, 0.717) is 12.4 Å². The molecule has 0 saturated heterocycles. The zero-order chi connectivity index (χ0) is 16.4. The van der Waals surface area contributed by atoms with Crippen LogP contribution in [0, 0.1) is 0 Å². The molecule has 0 atom stereocenters. The largest absolute Gasteiger partial charge is 0.507 e. The minimum atomic E-state index is -0.233. The maximum absolute atomic E-state index is 11.7. The van der Waals surface area contributed by atoms with E-state index in [1.165, 1.54) is 0 Å². The van der Waals surface area contributed by atoms with Gasteiger partial charge in [0, 0.05) is 0 Å². The minimum Gasteiger partial charge on any atom is -0.507 e. The predicted octanol–water partition coefficient (Wildman–Crippen LogP) is 4.09. The van der Waals surface area contributed by atoms with Gasteiger partial charge in [0.25, 0.3) is 0 Å². The average molecular weight is 292 g/mol. The fourth-order valence-corrected chi connectivity index (χ4v) is 2.32. The van der Waals surface area contributed by atoms with E-state index in [4.69, 9.17) is 4.74 Å². The number of esters is 1. The summed E-state index contributed by atoms with van der Waals surface area (Å²) in [6.07, 6.45) is 0.236. The van der Waals surface area contributed by atoms with Crippen LogP contribution in [0.3, 0.4) is 0 Å². The second-order valence-corrected chi connectivity index (χ2v) is 7.52. The summed E-state index contributed by atoms with van der Waals surface area (Å²) in [6, 6.07) is 3.84. The molecule has 0 saturated carbocycles. The number of carbonyl (C=O) groups is 1. The van der Waals surface area contributed by atoms with Gasteiger partial charge in [-0.3, -0.25) is 4.79 Å². The standard InChI is InChI=1S/C18H28O3/c1-8-21-15(19)11-12-9-13(17(2,3)4)16(20)14(10-12)18(5,6)7/h9-10,20H,8,11H2,1-7H3. The van der Waals surface area contributed by atoms with Crippen molar-refractivity contribution in [1.29, 1.82) is 0 Å². The molecule has 0 heterocycles. The van der Waals surface area contributed by atoms with E-state index >= 15 is 0 Å². The Balaban J connectivity index is 3.37. The van der Waals surface area contributed by atoms with Crippen molar-refractivity contribution in [3.05, 3.63) is 28.8 Å². The van der Waals surface area contributed by atoms with E-state index in [1.54, 1.807) is 6.92 Å². The molecule has 0 fully saturated rings. The Morgan fingerprint density at radius 2 is 1.48 bits per heavy atom. The molecular weight excluding hydrogens is 264 g/mol. The van der Waals surface area contributed by atoms with Crippen LogP contribution in [0.5, 0.6) is 5.75 Å². The lowest BCUT2D eigenvalue weighted by Crippen LogP contribution is -2.19. The first kappa shape index (κ1) is 17.5. The third kappa shape index (κ3) is 4.48. The van der Waals surface area contributed by atoms with Crippen LogP contribution in [-0.4, -0.2) is 17.7 Å². The van der Waals surface area contributed by atoms with Crippen LogP contribution < -0.4 is 0 Å². The summed E-state index contributed by atoms with van der Waals surface area (Å²) in [5, 5.41) is 10.6. The van der Waals surface area contributed by atoms with Crippen molar-refractivity contribution in [2.75, 3.05) is 6.61 Å². The van der Waals surface area contributed by atoms with Gasteiger partial charge in [-0.05, 0) is 34.4 Å². The molecule has 0 unspecified atom stereocenters. The molecule has 0 aromatic heterocycles. The number of aromatic hydroxyl groups is 1. The molecule has 0 spiro atoms. The highest BCUT2D eigenvalue weighted by molar-refractivity contribution is 5.73. The number of carbonyl (C=O) groups excluding carboxylic acids is 1. The van der Waals surface area contributed by atoms with Crippen LogP contribution in [-0.2, 0) is 26.8 Å². The normalized spacial score (nSPS) is 12.3. The Morgan fingerprint density at radius 1 is 1.05 bits per heavy atom. The third-order valence-corrected chi connectivity index (χ3v) is 3.44. The van der Waals surface area contributed by atoms with Gasteiger partial charge >= 0.3 is 5.97 Å². The van der Waals surface area contributed by atoms with Gasteiger partial charge in [0.1, 0.15) is 5.75 Å². The molecule has 0 radical (unpaired) electrons. The molecule has 1 aromatic carbocycles. The monoisotopic (exact) mass is 292 g/mol. The quantitative estimate of drug-likeness (QED) is 0.853. The van der Waals surface area contributed by atoms with E-state index in [0.717, 1.165) is 16.7 Å². The summed E-state index contributed by atoms with van der Waals surface area (Å²) in [4.78, 5) is 11.7. The van der Waals surface area contributed by atoms with Crippen LogP contribution >= 0.6 is 0 Å². The van der Waals surface area contributed by atoms with Crippen molar-refractivity contribution in [2.45, 2.75) is 65.7 Å². The van der Waals surface area contributed by atoms with Gasteiger partial charge in [0.05, 0.1) is 13.0 Å². The van der Waals surface area contributed by atoms with E-state index in [-0.39, 0.29) is 23.2 Å². The molecule has 0 amide bonds. The number of benzene rings is 1. The lowest BCUT2D eigenvalue weighted by molar-refractivity contribution is -0.142. The maximum Gasteiger partial charge on any atom is 0.310 e. The van der Waals surface area contributed by atoms with Crippen molar-refractivity contribution in [1.82, 2.24) is 0 Å². The minimum absolute atomic E-state index is 0.186. The molecule has 118 valence electrons. The smallest absolute Gasteiger partial charge is 0.310 e. The molecule has 3 heteroatoms. The third-order valence-electron chi connectivity index (χ3n) is 3.44. The molecule has 3 nitrogen and oxygen atoms in total. The highest BCUT2D eigenvalue weighted by Gasteiger charge is 2.26. The number of hydrogen-bond acceptors (Lipinski definition) is 3. The van der Waals surface area contributed by atoms with Crippen molar-refractivity contribution in [3.8, 4) is 5.75 Å². The molecule has 21 heavy (non-hydrogen) atoms. The first-order valence-electron chi connectivity index (χ1n) is 7.49. The van der Waals surface area contributed by atoms with Crippen molar-refractivity contribution >= 4 is 5.97 Å². The number of ether oxygens (including phenoxy) is 1. The topological polar surface area (TPSA) is 46.5 Å². The molecule has 1 N–H and O–H groups in total. The van der Waals surface area contributed by atoms with Gasteiger partial charge < -0.3 is 9.84 Å². The van der Waals surface area contributed by atoms with E-state index < -0.39 is 0 Å².